The van der Waals surface area contributed by atoms with Crippen LogP contribution in [0.15, 0.2) is 22.7 Å². The first kappa shape index (κ1) is 11.9. The Morgan fingerprint density at radius 1 is 1.56 bits per heavy atom. The molecule has 1 heterocycles. The van der Waals surface area contributed by atoms with E-state index in [4.69, 9.17) is 9.47 Å². The number of halogens is 1. The molecule has 0 aromatic heterocycles. The van der Waals surface area contributed by atoms with Crippen LogP contribution in [0.2, 0.25) is 0 Å². The van der Waals surface area contributed by atoms with Gasteiger partial charge in [-0.25, -0.2) is 0 Å². The quantitative estimate of drug-likeness (QED) is 0.928. The van der Waals surface area contributed by atoms with Gasteiger partial charge in [0.25, 0.3) is 0 Å². The van der Waals surface area contributed by atoms with Crippen molar-refractivity contribution in [3.05, 3.63) is 28.2 Å². The first-order chi connectivity index (χ1) is 7.76. The van der Waals surface area contributed by atoms with Crippen molar-refractivity contribution in [2.45, 2.75) is 12.5 Å². The molecule has 2 rings (SSSR count). The van der Waals surface area contributed by atoms with Gasteiger partial charge >= 0.3 is 0 Å². The van der Waals surface area contributed by atoms with E-state index in [-0.39, 0.29) is 18.6 Å². The lowest BCUT2D eigenvalue weighted by Gasteiger charge is -2.17. The van der Waals surface area contributed by atoms with Gasteiger partial charge in [-0.2, -0.15) is 0 Å². The van der Waals surface area contributed by atoms with Gasteiger partial charge in [-0.15, -0.1) is 0 Å². The number of hydrogen-bond acceptors (Lipinski definition) is 3. The second kappa shape index (κ2) is 5.17. The smallest absolute Gasteiger partial charge is 0.133 e. The Hall–Kier alpha value is -0.580. The van der Waals surface area contributed by atoms with Gasteiger partial charge in [0, 0.05) is 19.1 Å². The summed E-state index contributed by atoms with van der Waals surface area (Å²) < 4.78 is 11.7. The number of benzene rings is 1. The van der Waals surface area contributed by atoms with E-state index in [9.17, 15) is 5.11 Å². The second-order valence-electron chi connectivity index (χ2n) is 3.92. The molecule has 1 fully saturated rings. The molecule has 1 saturated heterocycles. The zero-order chi connectivity index (χ0) is 11.5. The van der Waals surface area contributed by atoms with E-state index in [0.29, 0.717) is 0 Å². The molecule has 1 aromatic carbocycles. The van der Waals surface area contributed by atoms with Crippen molar-refractivity contribution in [3.8, 4) is 5.75 Å². The summed E-state index contributed by atoms with van der Waals surface area (Å²) in [5.41, 5.74) is 1.09. The fourth-order valence-electron chi connectivity index (χ4n) is 2.05. The Balaban J connectivity index is 2.23. The molecule has 0 aliphatic carbocycles. The maximum atomic E-state index is 9.25. The Morgan fingerprint density at radius 3 is 3.00 bits per heavy atom. The third kappa shape index (κ3) is 2.24. The number of aliphatic hydroxyl groups excluding tert-OH is 1. The monoisotopic (exact) mass is 286 g/mol. The molecule has 2 atom stereocenters. The molecular formula is C12H15BrO3. The normalized spacial score (nSPS) is 24.7. The molecule has 0 saturated carbocycles. The highest BCUT2D eigenvalue weighted by molar-refractivity contribution is 9.10. The van der Waals surface area contributed by atoms with E-state index in [1.54, 1.807) is 7.11 Å². The Labute approximate surface area is 104 Å². The largest absolute Gasteiger partial charge is 0.496 e. The number of aliphatic hydroxyl groups is 1. The summed E-state index contributed by atoms with van der Waals surface area (Å²) >= 11 is 3.45. The topological polar surface area (TPSA) is 38.7 Å². The maximum absolute atomic E-state index is 9.25. The van der Waals surface area contributed by atoms with Crippen molar-refractivity contribution in [1.29, 1.82) is 0 Å². The lowest BCUT2D eigenvalue weighted by molar-refractivity contribution is 0.0720. The zero-order valence-electron chi connectivity index (χ0n) is 9.15. The van der Waals surface area contributed by atoms with E-state index < -0.39 is 0 Å². The number of hydrogen-bond donors (Lipinski definition) is 1. The van der Waals surface area contributed by atoms with Crippen LogP contribution in [-0.4, -0.2) is 25.4 Å². The molecule has 3 nitrogen and oxygen atoms in total. The number of methoxy groups -OCH3 is 1. The van der Waals surface area contributed by atoms with Crippen LogP contribution >= 0.6 is 15.9 Å². The predicted octanol–water partition coefficient (Wildman–Crippen LogP) is 2.53. The van der Waals surface area contributed by atoms with Gasteiger partial charge in [0.2, 0.25) is 0 Å². The lowest BCUT2D eigenvalue weighted by atomic mass is 9.96. The molecule has 0 amide bonds. The van der Waals surface area contributed by atoms with Crippen LogP contribution < -0.4 is 4.74 Å². The molecule has 88 valence electrons. The molecule has 16 heavy (non-hydrogen) atoms. The van der Waals surface area contributed by atoms with Gasteiger partial charge in [-0.3, -0.25) is 0 Å². The van der Waals surface area contributed by atoms with E-state index in [2.05, 4.69) is 15.9 Å². The van der Waals surface area contributed by atoms with Gasteiger partial charge in [0.1, 0.15) is 5.75 Å². The summed E-state index contributed by atoms with van der Waals surface area (Å²) in [7, 11) is 1.64. The summed E-state index contributed by atoms with van der Waals surface area (Å²) in [5.74, 6) is 1.02. The van der Waals surface area contributed by atoms with Crippen molar-refractivity contribution in [3.63, 3.8) is 0 Å². The second-order valence-corrected chi connectivity index (χ2v) is 4.77. The molecule has 1 aliphatic rings. The van der Waals surface area contributed by atoms with E-state index in [1.807, 2.05) is 18.2 Å². The Morgan fingerprint density at radius 2 is 2.38 bits per heavy atom. The molecule has 2 unspecified atom stereocenters. The molecule has 1 aromatic rings. The van der Waals surface area contributed by atoms with Crippen molar-refractivity contribution >= 4 is 15.9 Å². The van der Waals surface area contributed by atoms with Crippen molar-refractivity contribution in [1.82, 2.24) is 0 Å². The molecule has 0 spiro atoms. The van der Waals surface area contributed by atoms with Gasteiger partial charge in [-0.05, 0) is 40.0 Å². The molecule has 1 aliphatic heterocycles. The molecule has 0 radical (unpaired) electrons. The average molecular weight is 287 g/mol. The summed E-state index contributed by atoms with van der Waals surface area (Å²) in [6.45, 7) is 0.897. The summed E-state index contributed by atoms with van der Waals surface area (Å²) in [6, 6.07) is 5.90. The lowest BCUT2D eigenvalue weighted by Crippen LogP contribution is -2.11. The van der Waals surface area contributed by atoms with E-state index in [0.717, 1.165) is 28.8 Å². The highest BCUT2D eigenvalue weighted by Gasteiger charge is 2.29. The highest BCUT2D eigenvalue weighted by atomic mass is 79.9. The van der Waals surface area contributed by atoms with Crippen molar-refractivity contribution in [2.24, 2.45) is 5.92 Å². The van der Waals surface area contributed by atoms with Crippen LogP contribution in [0.4, 0.5) is 0 Å². The Bertz CT molecular complexity index is 367. The molecule has 1 N–H and O–H groups in total. The van der Waals surface area contributed by atoms with Crippen molar-refractivity contribution in [2.75, 3.05) is 20.3 Å². The van der Waals surface area contributed by atoms with Crippen LogP contribution in [-0.2, 0) is 4.74 Å². The van der Waals surface area contributed by atoms with E-state index >= 15 is 0 Å². The van der Waals surface area contributed by atoms with Crippen LogP contribution in [0, 0.1) is 5.92 Å². The minimum atomic E-state index is 0.00667. The first-order valence-corrected chi connectivity index (χ1v) is 6.11. The van der Waals surface area contributed by atoms with Gasteiger partial charge in [0.15, 0.2) is 0 Å². The third-order valence-corrected chi connectivity index (χ3v) is 3.57. The number of ether oxygens (including phenoxy) is 2. The average Bonchev–Trinajstić information content (AvgIpc) is 2.77. The Kier molecular flexibility index (Phi) is 3.84. The van der Waals surface area contributed by atoms with Gasteiger partial charge < -0.3 is 14.6 Å². The van der Waals surface area contributed by atoms with Crippen LogP contribution in [0.25, 0.3) is 0 Å². The zero-order valence-corrected chi connectivity index (χ0v) is 10.7. The van der Waals surface area contributed by atoms with Crippen LogP contribution in [0.3, 0.4) is 0 Å². The minimum absolute atomic E-state index is 0.00667. The summed E-state index contributed by atoms with van der Waals surface area (Å²) in [6.07, 6.45) is 0.928. The maximum Gasteiger partial charge on any atom is 0.133 e. The highest BCUT2D eigenvalue weighted by Crippen LogP contribution is 2.37. The van der Waals surface area contributed by atoms with E-state index in [1.165, 1.54) is 0 Å². The van der Waals surface area contributed by atoms with Crippen molar-refractivity contribution < 1.29 is 14.6 Å². The fourth-order valence-corrected chi connectivity index (χ4v) is 2.61. The molecular weight excluding hydrogens is 272 g/mol. The van der Waals surface area contributed by atoms with Gasteiger partial charge in [-0.1, -0.05) is 6.07 Å². The summed E-state index contributed by atoms with van der Waals surface area (Å²) in [5, 5.41) is 9.25. The molecule has 0 bridgehead atoms. The fraction of sp³-hybridized carbons (Fsp3) is 0.500. The molecule has 4 heteroatoms. The number of rotatable bonds is 3. The standard InChI is InChI=1S/C12H15BrO3/c1-15-11-3-2-8(6-10(11)13)12-9(7-14)4-5-16-12/h2-3,6,9,12,14H,4-5,7H2,1H3. The summed E-state index contributed by atoms with van der Waals surface area (Å²) in [4.78, 5) is 0. The van der Waals surface area contributed by atoms with Gasteiger partial charge in [0.05, 0.1) is 17.7 Å². The van der Waals surface area contributed by atoms with Crippen LogP contribution in [0.1, 0.15) is 18.1 Å². The first-order valence-electron chi connectivity index (χ1n) is 5.32. The predicted molar refractivity (Wildman–Crippen MR) is 64.6 cm³/mol. The third-order valence-electron chi connectivity index (χ3n) is 2.95. The minimum Gasteiger partial charge on any atom is -0.496 e. The SMILES string of the molecule is COc1ccc(C2OCCC2CO)cc1Br. The van der Waals surface area contributed by atoms with Crippen LogP contribution in [0.5, 0.6) is 5.75 Å².